The summed E-state index contributed by atoms with van der Waals surface area (Å²) in [4.78, 5) is 18.7. The van der Waals surface area contributed by atoms with Crippen molar-refractivity contribution in [2.75, 3.05) is 0 Å². The molecule has 0 aliphatic rings. The maximum atomic E-state index is 11.8. The van der Waals surface area contributed by atoms with Crippen LogP contribution in [0.25, 0.3) is 0 Å². The average Bonchev–Trinajstić information content (AvgIpc) is 2.83. The second kappa shape index (κ2) is 5.41. The number of carbonyl (C=O) groups is 1. The van der Waals surface area contributed by atoms with Gasteiger partial charge in [-0.1, -0.05) is 30.3 Å². The predicted molar refractivity (Wildman–Crippen MR) is 65.1 cm³/mol. The van der Waals surface area contributed by atoms with E-state index >= 15 is 0 Å². The molecule has 0 saturated carbocycles. The minimum absolute atomic E-state index is 0.0841. The fraction of sp³-hybridized carbons (Fsp3) is 0.154. The van der Waals surface area contributed by atoms with Gasteiger partial charge in [0, 0.05) is 12.6 Å². The molecule has 0 saturated heterocycles. The lowest BCUT2D eigenvalue weighted by atomic mass is 10.0. The van der Waals surface area contributed by atoms with Crippen LogP contribution in [0.15, 0.2) is 42.9 Å². The number of nitrogens with zero attached hydrogens (tertiary/aromatic N) is 1. The molecule has 0 spiro atoms. The molecule has 1 heterocycles. The lowest BCUT2D eigenvalue weighted by Gasteiger charge is -2.08. The van der Waals surface area contributed by atoms with Crippen molar-refractivity contribution in [1.29, 1.82) is 0 Å². The van der Waals surface area contributed by atoms with Crippen LogP contribution in [0, 0.1) is 6.42 Å². The third-order valence-corrected chi connectivity index (χ3v) is 2.46. The van der Waals surface area contributed by atoms with Gasteiger partial charge >= 0.3 is 0 Å². The Morgan fingerprint density at radius 1 is 1.41 bits per heavy atom. The largest absolute Gasteiger partial charge is 0.351 e. The first kappa shape index (κ1) is 11.5. The molecule has 0 aliphatic carbocycles. The van der Waals surface area contributed by atoms with Gasteiger partial charge in [-0.2, -0.15) is 0 Å². The van der Waals surface area contributed by atoms with E-state index in [9.17, 15) is 4.79 Å². The van der Waals surface area contributed by atoms with Gasteiger partial charge in [-0.15, -0.1) is 0 Å². The zero-order valence-electron chi connectivity index (χ0n) is 9.34. The quantitative estimate of drug-likeness (QED) is 0.805. The highest BCUT2D eigenvalue weighted by Gasteiger charge is 2.15. The van der Waals surface area contributed by atoms with Crippen molar-refractivity contribution in [3.8, 4) is 0 Å². The van der Waals surface area contributed by atoms with Crippen LogP contribution < -0.4 is 5.73 Å². The molecule has 1 aromatic heterocycles. The number of hydrogen-bond donors (Lipinski definition) is 2. The molecule has 1 radical (unpaired) electrons. The highest BCUT2D eigenvalue weighted by Crippen LogP contribution is 2.06. The lowest BCUT2D eigenvalue weighted by molar-refractivity contribution is -0.116. The van der Waals surface area contributed by atoms with Crippen molar-refractivity contribution in [3.05, 3.63) is 60.5 Å². The summed E-state index contributed by atoms with van der Waals surface area (Å²) in [5.74, 6) is -0.0841. The summed E-state index contributed by atoms with van der Waals surface area (Å²) >= 11 is 0. The molecule has 2 rings (SSSR count). The monoisotopic (exact) mass is 228 g/mol. The number of carbonyl (C=O) groups excluding carboxylic acids is 1. The Bertz CT molecular complexity index is 465. The van der Waals surface area contributed by atoms with Crippen molar-refractivity contribution >= 4 is 5.78 Å². The van der Waals surface area contributed by atoms with E-state index in [1.54, 1.807) is 18.9 Å². The Hall–Kier alpha value is -1.94. The van der Waals surface area contributed by atoms with E-state index in [1.165, 1.54) is 0 Å². The second-order valence-corrected chi connectivity index (χ2v) is 3.83. The summed E-state index contributed by atoms with van der Waals surface area (Å²) in [5.41, 5.74) is 7.49. The number of aromatic amines is 1. The van der Waals surface area contributed by atoms with Crippen molar-refractivity contribution in [2.45, 2.75) is 12.5 Å². The number of ketones is 1. The molecule has 87 valence electrons. The van der Waals surface area contributed by atoms with Crippen LogP contribution in [0.1, 0.15) is 11.3 Å². The van der Waals surface area contributed by atoms with Crippen LogP contribution >= 0.6 is 0 Å². The Kier molecular flexibility index (Phi) is 3.67. The van der Waals surface area contributed by atoms with E-state index < -0.39 is 6.04 Å². The molecule has 1 aromatic carbocycles. The van der Waals surface area contributed by atoms with E-state index in [0.29, 0.717) is 6.42 Å². The number of nitrogens with one attached hydrogen (secondary N) is 1. The van der Waals surface area contributed by atoms with Crippen molar-refractivity contribution in [2.24, 2.45) is 5.73 Å². The number of H-pyrrole nitrogens is 1. The van der Waals surface area contributed by atoms with Crippen molar-refractivity contribution in [3.63, 3.8) is 0 Å². The van der Waals surface area contributed by atoms with Gasteiger partial charge in [-0.05, 0) is 5.56 Å². The Labute approximate surface area is 99.9 Å². The first-order valence-electron chi connectivity index (χ1n) is 5.42. The Balaban J connectivity index is 1.92. The number of benzene rings is 1. The van der Waals surface area contributed by atoms with Gasteiger partial charge in [0.2, 0.25) is 0 Å². The van der Waals surface area contributed by atoms with E-state index in [1.807, 2.05) is 30.3 Å². The first-order valence-corrected chi connectivity index (χ1v) is 5.42. The maximum absolute atomic E-state index is 11.8. The summed E-state index contributed by atoms with van der Waals surface area (Å²) in [6.07, 6.45) is 5.34. The zero-order valence-corrected chi connectivity index (χ0v) is 9.34. The molecule has 1 atom stereocenters. The molecule has 0 aliphatic heterocycles. The van der Waals surface area contributed by atoms with E-state index in [0.717, 1.165) is 11.3 Å². The molecule has 17 heavy (non-hydrogen) atoms. The summed E-state index contributed by atoms with van der Waals surface area (Å²) in [5, 5.41) is 0. The highest BCUT2D eigenvalue weighted by atomic mass is 16.1. The number of aromatic nitrogens is 2. The van der Waals surface area contributed by atoms with Gasteiger partial charge in [0.25, 0.3) is 0 Å². The van der Waals surface area contributed by atoms with Gasteiger partial charge in [0.15, 0.2) is 5.78 Å². The fourth-order valence-electron chi connectivity index (χ4n) is 1.55. The minimum atomic E-state index is -0.543. The first-order chi connectivity index (χ1) is 8.25. The van der Waals surface area contributed by atoms with Crippen molar-refractivity contribution < 1.29 is 4.79 Å². The molecular formula is C13H14N3O. The standard InChI is InChI=1S/C13H14N3O/c14-12(7-11-8-15-9-16-11)13(17)6-10-4-2-1-3-5-10/h1-6,8-9,12H,7,14H2,(H,15,16)/t12-/m1/s1. The summed E-state index contributed by atoms with van der Waals surface area (Å²) < 4.78 is 0. The lowest BCUT2D eigenvalue weighted by Crippen LogP contribution is -2.33. The maximum Gasteiger partial charge on any atom is 0.158 e. The topological polar surface area (TPSA) is 71.8 Å². The zero-order chi connectivity index (χ0) is 12.1. The van der Waals surface area contributed by atoms with Crippen LogP contribution in [-0.4, -0.2) is 21.8 Å². The molecule has 0 bridgehead atoms. The molecule has 4 nitrogen and oxygen atoms in total. The van der Waals surface area contributed by atoms with Gasteiger partial charge in [-0.25, -0.2) is 4.98 Å². The number of hydrogen-bond acceptors (Lipinski definition) is 3. The van der Waals surface area contributed by atoms with Crippen LogP contribution in [0.5, 0.6) is 0 Å². The number of imidazole rings is 1. The van der Waals surface area contributed by atoms with Crippen LogP contribution in [0.4, 0.5) is 0 Å². The number of rotatable bonds is 5. The van der Waals surface area contributed by atoms with E-state index in [2.05, 4.69) is 9.97 Å². The highest BCUT2D eigenvalue weighted by molar-refractivity contribution is 5.94. The molecule has 0 unspecified atom stereocenters. The Morgan fingerprint density at radius 2 is 2.18 bits per heavy atom. The SMILES string of the molecule is N[C@H](Cc1c[nH]cn1)C(=O)[CH]c1ccccc1. The van der Waals surface area contributed by atoms with Gasteiger partial charge in [-0.3, -0.25) is 4.79 Å². The van der Waals surface area contributed by atoms with Gasteiger partial charge < -0.3 is 10.7 Å². The van der Waals surface area contributed by atoms with Crippen molar-refractivity contribution in [1.82, 2.24) is 9.97 Å². The van der Waals surface area contributed by atoms with E-state index in [-0.39, 0.29) is 5.78 Å². The summed E-state index contributed by atoms with van der Waals surface area (Å²) in [6.45, 7) is 0. The third kappa shape index (κ3) is 3.26. The van der Waals surface area contributed by atoms with Crippen LogP contribution in [0.2, 0.25) is 0 Å². The molecule has 0 fully saturated rings. The van der Waals surface area contributed by atoms with Crippen LogP contribution in [0.3, 0.4) is 0 Å². The molecular weight excluding hydrogens is 214 g/mol. The van der Waals surface area contributed by atoms with Crippen LogP contribution in [-0.2, 0) is 11.2 Å². The summed E-state index contributed by atoms with van der Waals surface area (Å²) in [7, 11) is 0. The predicted octanol–water partition coefficient (Wildman–Crippen LogP) is 1.10. The normalized spacial score (nSPS) is 12.3. The van der Waals surface area contributed by atoms with E-state index in [4.69, 9.17) is 5.73 Å². The second-order valence-electron chi connectivity index (χ2n) is 3.83. The third-order valence-electron chi connectivity index (χ3n) is 2.46. The smallest absolute Gasteiger partial charge is 0.158 e. The minimum Gasteiger partial charge on any atom is -0.351 e. The Morgan fingerprint density at radius 3 is 2.82 bits per heavy atom. The summed E-state index contributed by atoms with van der Waals surface area (Å²) in [6, 6.07) is 8.89. The fourth-order valence-corrected chi connectivity index (χ4v) is 1.55. The number of nitrogens with two attached hydrogens (primary N) is 1. The van der Waals surface area contributed by atoms with Gasteiger partial charge in [0.1, 0.15) is 0 Å². The average molecular weight is 228 g/mol. The molecule has 3 N–H and O–H groups in total. The van der Waals surface area contributed by atoms with Gasteiger partial charge in [0.05, 0.1) is 24.5 Å². The molecule has 4 heteroatoms. The molecule has 2 aromatic rings. The molecule has 0 amide bonds. The number of Topliss-reactive ketones (excluding diaryl/α,β-unsaturated/α-hetero) is 1.